The molecule has 0 fully saturated rings. The summed E-state index contributed by atoms with van der Waals surface area (Å²) in [6.07, 6.45) is 1.74. The SMILES string of the molecule is CCOc1ccc(OCC)c(Nc2ncccc2Br)c1. The van der Waals surface area contributed by atoms with E-state index in [1.807, 2.05) is 44.2 Å². The molecule has 0 bridgehead atoms. The summed E-state index contributed by atoms with van der Waals surface area (Å²) < 4.78 is 12.0. The van der Waals surface area contributed by atoms with Gasteiger partial charge in [0.15, 0.2) is 0 Å². The van der Waals surface area contributed by atoms with E-state index in [1.54, 1.807) is 6.20 Å². The number of nitrogens with zero attached hydrogens (tertiary/aromatic N) is 1. The normalized spacial score (nSPS) is 10.2. The Kier molecular flexibility index (Phi) is 5.24. The third kappa shape index (κ3) is 3.63. The van der Waals surface area contributed by atoms with Gasteiger partial charge in [0, 0.05) is 12.3 Å². The Balaban J connectivity index is 2.32. The molecule has 0 aliphatic carbocycles. The van der Waals surface area contributed by atoms with E-state index < -0.39 is 0 Å². The van der Waals surface area contributed by atoms with Crippen LogP contribution < -0.4 is 14.8 Å². The van der Waals surface area contributed by atoms with Crippen molar-refractivity contribution in [3.8, 4) is 11.5 Å². The molecule has 5 heteroatoms. The largest absolute Gasteiger partial charge is 0.494 e. The highest BCUT2D eigenvalue weighted by molar-refractivity contribution is 9.10. The van der Waals surface area contributed by atoms with Gasteiger partial charge in [-0.1, -0.05) is 0 Å². The molecular weight excluding hydrogens is 320 g/mol. The first-order valence-corrected chi connectivity index (χ1v) is 7.31. The fourth-order valence-corrected chi connectivity index (χ4v) is 2.10. The molecule has 4 nitrogen and oxygen atoms in total. The molecule has 0 saturated carbocycles. The molecule has 20 heavy (non-hydrogen) atoms. The lowest BCUT2D eigenvalue weighted by Gasteiger charge is -2.14. The second-order valence-electron chi connectivity index (χ2n) is 3.98. The third-order valence-corrected chi connectivity index (χ3v) is 3.21. The van der Waals surface area contributed by atoms with Crippen molar-refractivity contribution in [1.29, 1.82) is 0 Å². The predicted octanol–water partition coefficient (Wildman–Crippen LogP) is 4.39. The number of rotatable bonds is 6. The number of hydrogen-bond donors (Lipinski definition) is 1. The highest BCUT2D eigenvalue weighted by Crippen LogP contribution is 2.33. The smallest absolute Gasteiger partial charge is 0.144 e. The Labute approximate surface area is 127 Å². The van der Waals surface area contributed by atoms with Crippen LogP contribution in [0.25, 0.3) is 0 Å². The van der Waals surface area contributed by atoms with Crippen LogP contribution in [0, 0.1) is 0 Å². The number of nitrogens with one attached hydrogen (secondary N) is 1. The van der Waals surface area contributed by atoms with E-state index in [4.69, 9.17) is 9.47 Å². The second kappa shape index (κ2) is 7.14. The van der Waals surface area contributed by atoms with Crippen molar-refractivity contribution in [3.05, 3.63) is 41.0 Å². The summed E-state index contributed by atoms with van der Waals surface area (Å²) in [5.41, 5.74) is 0.831. The minimum Gasteiger partial charge on any atom is -0.494 e. The maximum absolute atomic E-state index is 5.62. The summed E-state index contributed by atoms with van der Waals surface area (Å²) in [7, 11) is 0. The van der Waals surface area contributed by atoms with Gasteiger partial charge in [0.05, 0.1) is 23.4 Å². The molecule has 1 N–H and O–H groups in total. The van der Waals surface area contributed by atoms with Crippen LogP contribution in [0.5, 0.6) is 11.5 Å². The summed E-state index contributed by atoms with van der Waals surface area (Å²) in [6.45, 7) is 5.14. The number of aromatic nitrogens is 1. The number of benzene rings is 1. The van der Waals surface area contributed by atoms with Crippen LogP contribution in [0.4, 0.5) is 11.5 Å². The summed E-state index contributed by atoms with van der Waals surface area (Å²) in [5.74, 6) is 2.31. The van der Waals surface area contributed by atoms with E-state index in [0.29, 0.717) is 13.2 Å². The zero-order valence-corrected chi connectivity index (χ0v) is 13.1. The lowest BCUT2D eigenvalue weighted by Crippen LogP contribution is -2.01. The number of pyridine rings is 1. The fourth-order valence-electron chi connectivity index (χ4n) is 1.75. The van der Waals surface area contributed by atoms with Gasteiger partial charge in [-0.3, -0.25) is 0 Å². The van der Waals surface area contributed by atoms with Gasteiger partial charge in [0.25, 0.3) is 0 Å². The molecule has 0 radical (unpaired) electrons. The van der Waals surface area contributed by atoms with Gasteiger partial charge in [-0.25, -0.2) is 4.98 Å². The maximum atomic E-state index is 5.62. The number of hydrogen-bond acceptors (Lipinski definition) is 4. The Bertz CT molecular complexity index is 576. The van der Waals surface area contributed by atoms with E-state index in [2.05, 4.69) is 26.2 Å². The number of halogens is 1. The van der Waals surface area contributed by atoms with E-state index >= 15 is 0 Å². The van der Waals surface area contributed by atoms with Crippen molar-refractivity contribution in [3.63, 3.8) is 0 Å². The molecule has 2 rings (SSSR count). The van der Waals surface area contributed by atoms with Crippen LogP contribution >= 0.6 is 15.9 Å². The molecule has 0 atom stereocenters. The minimum atomic E-state index is 0.603. The quantitative estimate of drug-likeness (QED) is 0.849. The standard InChI is InChI=1S/C15H17BrN2O2/c1-3-19-11-7-8-14(20-4-2)13(10-11)18-15-12(16)6-5-9-17-15/h5-10H,3-4H2,1-2H3,(H,17,18). The molecule has 0 unspecified atom stereocenters. The van der Waals surface area contributed by atoms with Crippen molar-refractivity contribution < 1.29 is 9.47 Å². The molecule has 1 aromatic carbocycles. The Morgan fingerprint density at radius 1 is 1.15 bits per heavy atom. The van der Waals surface area contributed by atoms with Crippen molar-refractivity contribution in [2.45, 2.75) is 13.8 Å². The Morgan fingerprint density at radius 3 is 2.65 bits per heavy atom. The number of ether oxygens (including phenoxy) is 2. The van der Waals surface area contributed by atoms with Crippen LogP contribution in [0.15, 0.2) is 41.0 Å². The van der Waals surface area contributed by atoms with E-state index in [1.165, 1.54) is 0 Å². The third-order valence-electron chi connectivity index (χ3n) is 2.57. The van der Waals surface area contributed by atoms with Crippen LogP contribution in [-0.4, -0.2) is 18.2 Å². The highest BCUT2D eigenvalue weighted by Gasteiger charge is 2.08. The van der Waals surface area contributed by atoms with Gasteiger partial charge in [0.1, 0.15) is 17.3 Å². The summed E-state index contributed by atoms with van der Waals surface area (Å²) in [4.78, 5) is 4.30. The van der Waals surface area contributed by atoms with Gasteiger partial charge < -0.3 is 14.8 Å². The first-order valence-electron chi connectivity index (χ1n) is 6.51. The minimum absolute atomic E-state index is 0.603. The van der Waals surface area contributed by atoms with Crippen LogP contribution in [0.3, 0.4) is 0 Å². The zero-order chi connectivity index (χ0) is 14.4. The lowest BCUT2D eigenvalue weighted by molar-refractivity contribution is 0.332. The fraction of sp³-hybridized carbons (Fsp3) is 0.267. The molecule has 1 heterocycles. The molecular formula is C15H17BrN2O2. The monoisotopic (exact) mass is 336 g/mol. The number of anilines is 2. The predicted molar refractivity (Wildman–Crippen MR) is 84.0 cm³/mol. The Hall–Kier alpha value is -1.75. The molecule has 0 aliphatic rings. The summed E-state index contributed by atoms with van der Waals surface area (Å²) >= 11 is 3.47. The summed E-state index contributed by atoms with van der Waals surface area (Å²) in [6, 6.07) is 9.51. The van der Waals surface area contributed by atoms with Crippen LogP contribution in [0.2, 0.25) is 0 Å². The average molecular weight is 337 g/mol. The zero-order valence-electron chi connectivity index (χ0n) is 11.5. The van der Waals surface area contributed by atoms with Crippen molar-refractivity contribution >= 4 is 27.4 Å². The Morgan fingerprint density at radius 2 is 1.95 bits per heavy atom. The molecule has 0 saturated heterocycles. The van der Waals surface area contributed by atoms with E-state index in [0.717, 1.165) is 27.5 Å². The summed E-state index contributed by atoms with van der Waals surface area (Å²) in [5, 5.41) is 3.26. The van der Waals surface area contributed by atoms with Crippen LogP contribution in [-0.2, 0) is 0 Å². The van der Waals surface area contributed by atoms with Gasteiger partial charge in [-0.2, -0.15) is 0 Å². The van der Waals surface area contributed by atoms with E-state index in [9.17, 15) is 0 Å². The van der Waals surface area contributed by atoms with Gasteiger partial charge in [-0.15, -0.1) is 0 Å². The van der Waals surface area contributed by atoms with Crippen LogP contribution in [0.1, 0.15) is 13.8 Å². The molecule has 0 aliphatic heterocycles. The van der Waals surface area contributed by atoms with Crippen molar-refractivity contribution in [2.24, 2.45) is 0 Å². The van der Waals surface area contributed by atoms with E-state index in [-0.39, 0.29) is 0 Å². The molecule has 2 aromatic rings. The molecule has 1 aromatic heterocycles. The van der Waals surface area contributed by atoms with Gasteiger partial charge in [-0.05, 0) is 54.0 Å². The average Bonchev–Trinajstić information content (AvgIpc) is 2.45. The first kappa shape index (κ1) is 14.7. The molecule has 0 spiro atoms. The van der Waals surface area contributed by atoms with Gasteiger partial charge in [0.2, 0.25) is 0 Å². The van der Waals surface area contributed by atoms with Crippen molar-refractivity contribution in [2.75, 3.05) is 18.5 Å². The lowest BCUT2D eigenvalue weighted by atomic mass is 10.2. The molecule has 106 valence electrons. The van der Waals surface area contributed by atoms with Gasteiger partial charge >= 0.3 is 0 Å². The maximum Gasteiger partial charge on any atom is 0.144 e. The highest BCUT2D eigenvalue weighted by atomic mass is 79.9. The van der Waals surface area contributed by atoms with Crippen molar-refractivity contribution in [1.82, 2.24) is 4.98 Å². The topological polar surface area (TPSA) is 43.4 Å². The molecule has 0 amide bonds. The first-order chi connectivity index (χ1) is 9.74. The second-order valence-corrected chi connectivity index (χ2v) is 4.84.